The number of aromatic nitrogens is 1. The maximum absolute atomic E-state index is 12.2. The van der Waals surface area contributed by atoms with Gasteiger partial charge in [0.2, 0.25) is 5.91 Å². The van der Waals surface area contributed by atoms with Gasteiger partial charge in [-0.2, -0.15) is 0 Å². The van der Waals surface area contributed by atoms with Gasteiger partial charge in [-0.1, -0.05) is 42.1 Å². The minimum Gasteiger partial charge on any atom is -0.497 e. The van der Waals surface area contributed by atoms with Crippen LogP contribution < -0.4 is 10.1 Å². The highest BCUT2D eigenvalue weighted by Crippen LogP contribution is 2.33. The quantitative estimate of drug-likeness (QED) is 0.317. The number of nitrogens with zero attached hydrogens (tertiary/aromatic N) is 1. The molecule has 0 saturated carbocycles. The fraction of sp³-hybridized carbons (Fsp3) is 0.261. The second-order valence-electron chi connectivity index (χ2n) is 6.58. The Balaban J connectivity index is 1.74. The van der Waals surface area contributed by atoms with Crippen molar-refractivity contribution in [1.29, 1.82) is 0 Å². The van der Waals surface area contributed by atoms with Crippen LogP contribution in [-0.4, -0.2) is 43.4 Å². The molecule has 30 heavy (non-hydrogen) atoms. The molecule has 0 atom stereocenters. The molecule has 0 aliphatic heterocycles. The van der Waals surface area contributed by atoms with Crippen LogP contribution in [0.15, 0.2) is 59.6 Å². The summed E-state index contributed by atoms with van der Waals surface area (Å²) in [6.45, 7) is 0.437. The summed E-state index contributed by atoms with van der Waals surface area (Å²) in [4.78, 5) is 28.0. The molecule has 1 N–H and O–H groups in total. The molecular formula is C23H24N2O4S. The number of esters is 1. The van der Waals surface area contributed by atoms with Gasteiger partial charge in [-0.3, -0.25) is 9.59 Å². The first-order valence-corrected chi connectivity index (χ1v) is 10.6. The summed E-state index contributed by atoms with van der Waals surface area (Å²) >= 11 is 1.38. The Morgan fingerprint density at radius 1 is 1.07 bits per heavy atom. The summed E-state index contributed by atoms with van der Waals surface area (Å²) in [6.07, 6.45) is 0.841. The Hall–Kier alpha value is -3.06. The predicted molar refractivity (Wildman–Crippen MR) is 119 cm³/mol. The highest BCUT2D eigenvalue weighted by Gasteiger charge is 2.11. The number of ether oxygens (including phenoxy) is 2. The van der Waals surface area contributed by atoms with Crippen LogP contribution in [0.25, 0.3) is 22.0 Å². The molecule has 0 bridgehead atoms. The van der Waals surface area contributed by atoms with Crippen molar-refractivity contribution < 1.29 is 19.1 Å². The van der Waals surface area contributed by atoms with E-state index in [-0.39, 0.29) is 17.6 Å². The number of thioether (sulfide) groups is 1. The minimum atomic E-state index is -0.275. The molecule has 1 aromatic heterocycles. The molecule has 0 radical (unpaired) electrons. The van der Waals surface area contributed by atoms with E-state index in [4.69, 9.17) is 9.72 Å². The molecule has 0 spiro atoms. The zero-order chi connectivity index (χ0) is 21.3. The smallest absolute Gasteiger partial charge is 0.305 e. The van der Waals surface area contributed by atoms with Crippen LogP contribution in [-0.2, 0) is 14.3 Å². The van der Waals surface area contributed by atoms with Crippen molar-refractivity contribution in [2.24, 2.45) is 0 Å². The molecule has 0 aliphatic carbocycles. The molecule has 0 fully saturated rings. The molecule has 7 heteroatoms. The number of carbonyl (C=O) groups is 2. The molecule has 0 unspecified atom stereocenters. The molecule has 3 aromatic rings. The molecule has 0 saturated heterocycles. The van der Waals surface area contributed by atoms with Crippen LogP contribution in [0.5, 0.6) is 5.75 Å². The first-order chi connectivity index (χ1) is 14.6. The Kier molecular flexibility index (Phi) is 7.68. The number of amides is 1. The maximum atomic E-state index is 12.2. The average molecular weight is 425 g/mol. The van der Waals surface area contributed by atoms with Crippen molar-refractivity contribution in [2.45, 2.75) is 17.9 Å². The van der Waals surface area contributed by atoms with Crippen molar-refractivity contribution >= 4 is 34.5 Å². The van der Waals surface area contributed by atoms with Gasteiger partial charge in [-0.05, 0) is 35.7 Å². The van der Waals surface area contributed by atoms with Crippen LogP contribution >= 0.6 is 11.8 Å². The molecular weight excluding hydrogens is 400 g/mol. The number of fused-ring (bicyclic) bond motifs is 1. The van der Waals surface area contributed by atoms with Gasteiger partial charge in [0, 0.05) is 24.4 Å². The Morgan fingerprint density at radius 2 is 1.87 bits per heavy atom. The van der Waals surface area contributed by atoms with Crippen molar-refractivity contribution in [3.8, 4) is 16.9 Å². The topological polar surface area (TPSA) is 77.5 Å². The van der Waals surface area contributed by atoms with Crippen molar-refractivity contribution in [3.05, 3.63) is 54.6 Å². The summed E-state index contributed by atoms with van der Waals surface area (Å²) in [5.41, 5.74) is 2.96. The van der Waals surface area contributed by atoms with E-state index < -0.39 is 0 Å². The summed E-state index contributed by atoms with van der Waals surface area (Å²) in [6, 6.07) is 17.9. The Morgan fingerprint density at radius 3 is 2.60 bits per heavy atom. The average Bonchev–Trinajstić information content (AvgIpc) is 2.79. The molecule has 1 heterocycles. The lowest BCUT2D eigenvalue weighted by Gasteiger charge is -2.11. The monoisotopic (exact) mass is 424 g/mol. The van der Waals surface area contributed by atoms with E-state index in [1.807, 2.05) is 42.5 Å². The van der Waals surface area contributed by atoms with Gasteiger partial charge in [0.05, 0.1) is 30.5 Å². The fourth-order valence-electron chi connectivity index (χ4n) is 2.99. The summed E-state index contributed by atoms with van der Waals surface area (Å²) < 4.78 is 9.93. The van der Waals surface area contributed by atoms with Gasteiger partial charge >= 0.3 is 5.97 Å². The van der Waals surface area contributed by atoms with E-state index in [0.29, 0.717) is 19.4 Å². The van der Waals surface area contributed by atoms with Gasteiger partial charge in [0.15, 0.2) is 0 Å². The number of rotatable bonds is 9. The largest absolute Gasteiger partial charge is 0.497 e. The number of hydrogen-bond acceptors (Lipinski definition) is 6. The first kappa shape index (κ1) is 21.6. The third kappa shape index (κ3) is 5.73. The van der Waals surface area contributed by atoms with E-state index in [0.717, 1.165) is 32.8 Å². The summed E-state index contributed by atoms with van der Waals surface area (Å²) in [5, 5.41) is 4.61. The van der Waals surface area contributed by atoms with Gasteiger partial charge in [-0.25, -0.2) is 4.98 Å². The standard InChI is InChI=1S/C23H24N2O4S/c1-28-17-10-11-18-19(16-7-4-3-5-8-16)14-22(25-20(18)13-17)30-15-21(26)24-12-6-9-23(27)29-2/h3-5,7-8,10-11,13-14H,6,9,12,15H2,1-2H3,(H,24,26). The first-order valence-electron chi connectivity index (χ1n) is 9.61. The molecule has 0 aliphatic rings. The Bertz CT molecular complexity index is 1020. The normalized spacial score (nSPS) is 10.6. The number of carbonyl (C=O) groups excluding carboxylic acids is 2. The van der Waals surface area contributed by atoms with Gasteiger partial charge in [0.25, 0.3) is 0 Å². The number of benzene rings is 2. The molecule has 2 aromatic carbocycles. The van der Waals surface area contributed by atoms with Crippen molar-refractivity contribution in [1.82, 2.24) is 10.3 Å². The van der Waals surface area contributed by atoms with Gasteiger partial charge < -0.3 is 14.8 Å². The lowest BCUT2D eigenvalue weighted by molar-refractivity contribution is -0.140. The zero-order valence-electron chi connectivity index (χ0n) is 17.0. The number of methoxy groups -OCH3 is 2. The SMILES string of the molecule is COC(=O)CCCNC(=O)CSc1cc(-c2ccccc2)c2ccc(OC)cc2n1. The van der Waals surface area contributed by atoms with E-state index >= 15 is 0 Å². The minimum absolute atomic E-state index is 0.0985. The summed E-state index contributed by atoms with van der Waals surface area (Å²) in [7, 11) is 2.98. The predicted octanol–water partition coefficient (Wildman–Crippen LogP) is 4.07. The fourth-order valence-corrected chi connectivity index (χ4v) is 3.74. The maximum Gasteiger partial charge on any atom is 0.305 e. The lowest BCUT2D eigenvalue weighted by Crippen LogP contribution is -2.26. The van der Waals surface area contributed by atoms with Crippen LogP contribution in [0.4, 0.5) is 0 Å². The van der Waals surface area contributed by atoms with Gasteiger partial charge in [-0.15, -0.1) is 0 Å². The van der Waals surface area contributed by atoms with Crippen molar-refractivity contribution in [2.75, 3.05) is 26.5 Å². The van der Waals surface area contributed by atoms with E-state index in [9.17, 15) is 9.59 Å². The third-order valence-corrected chi connectivity index (χ3v) is 5.45. The lowest BCUT2D eigenvalue weighted by atomic mass is 10.0. The highest BCUT2D eigenvalue weighted by molar-refractivity contribution is 7.99. The second-order valence-corrected chi connectivity index (χ2v) is 7.57. The van der Waals surface area contributed by atoms with E-state index in [1.54, 1.807) is 7.11 Å². The number of pyridine rings is 1. The van der Waals surface area contributed by atoms with Crippen LogP contribution in [0.2, 0.25) is 0 Å². The summed E-state index contributed by atoms with van der Waals surface area (Å²) in [5.74, 6) is 0.607. The van der Waals surface area contributed by atoms with E-state index in [2.05, 4.69) is 22.2 Å². The van der Waals surface area contributed by atoms with Crippen LogP contribution in [0.3, 0.4) is 0 Å². The molecule has 1 amide bonds. The third-order valence-electron chi connectivity index (χ3n) is 4.54. The molecule has 3 rings (SSSR count). The Labute approximate surface area is 180 Å². The van der Waals surface area contributed by atoms with Crippen molar-refractivity contribution in [3.63, 3.8) is 0 Å². The van der Waals surface area contributed by atoms with Crippen LogP contribution in [0.1, 0.15) is 12.8 Å². The van der Waals surface area contributed by atoms with E-state index in [1.165, 1.54) is 18.9 Å². The number of hydrogen-bond donors (Lipinski definition) is 1. The highest BCUT2D eigenvalue weighted by atomic mass is 32.2. The zero-order valence-corrected chi connectivity index (χ0v) is 17.8. The second kappa shape index (κ2) is 10.6. The molecule has 156 valence electrons. The van der Waals surface area contributed by atoms with Crippen LogP contribution in [0, 0.1) is 0 Å². The molecule has 6 nitrogen and oxygen atoms in total. The number of nitrogens with one attached hydrogen (secondary N) is 1. The van der Waals surface area contributed by atoms with Gasteiger partial charge in [0.1, 0.15) is 5.75 Å².